The summed E-state index contributed by atoms with van der Waals surface area (Å²) in [4.78, 5) is 11.7. The number of rotatable bonds is 4. The molecule has 1 aliphatic rings. The van der Waals surface area contributed by atoms with Gasteiger partial charge in [-0.1, -0.05) is 42.5 Å². The zero-order valence-corrected chi connectivity index (χ0v) is 18.1. The Morgan fingerprint density at radius 3 is 2.35 bits per heavy atom. The van der Waals surface area contributed by atoms with E-state index in [9.17, 15) is 12.8 Å². The van der Waals surface area contributed by atoms with Crippen LogP contribution < -0.4 is 4.90 Å². The Labute approximate surface area is 183 Å². The Kier molecular flexibility index (Phi) is 5.17. The van der Waals surface area contributed by atoms with Crippen LogP contribution in [0.4, 0.5) is 10.2 Å². The summed E-state index contributed by atoms with van der Waals surface area (Å²) < 4.78 is 41.2. The number of benzene rings is 2. The van der Waals surface area contributed by atoms with Crippen LogP contribution in [-0.4, -0.2) is 48.9 Å². The molecule has 0 N–H and O–H groups in total. The van der Waals surface area contributed by atoms with E-state index >= 15 is 0 Å². The van der Waals surface area contributed by atoms with E-state index < -0.39 is 15.8 Å². The van der Waals surface area contributed by atoms with Crippen molar-refractivity contribution < 1.29 is 12.8 Å². The lowest BCUT2D eigenvalue weighted by molar-refractivity contribution is 0.381. The maximum atomic E-state index is 14.1. The van der Waals surface area contributed by atoms with Gasteiger partial charge in [-0.05, 0) is 17.7 Å². The predicted octanol–water partition coefficient (Wildman–Crippen LogP) is 4.01. The van der Waals surface area contributed by atoms with Gasteiger partial charge in [-0.25, -0.2) is 22.8 Å². The Morgan fingerprint density at radius 1 is 0.903 bits per heavy atom. The van der Waals surface area contributed by atoms with Crippen LogP contribution in [0.5, 0.6) is 0 Å². The Bertz CT molecular complexity index is 1330. The fourth-order valence-electron chi connectivity index (χ4n) is 3.86. The van der Waals surface area contributed by atoms with Crippen molar-refractivity contribution in [2.45, 2.75) is 4.90 Å². The van der Waals surface area contributed by atoms with Gasteiger partial charge in [-0.15, -0.1) is 11.3 Å². The van der Waals surface area contributed by atoms with E-state index in [1.165, 1.54) is 28.6 Å². The fourth-order valence-corrected chi connectivity index (χ4v) is 6.26. The molecule has 0 aliphatic carbocycles. The molecule has 6 nitrogen and oxygen atoms in total. The molecule has 0 atom stereocenters. The molecule has 0 unspecified atom stereocenters. The van der Waals surface area contributed by atoms with Crippen molar-refractivity contribution in [3.05, 3.63) is 72.1 Å². The van der Waals surface area contributed by atoms with Crippen LogP contribution in [0.15, 0.2) is 71.2 Å². The van der Waals surface area contributed by atoms with E-state index in [4.69, 9.17) is 0 Å². The minimum absolute atomic E-state index is 0.257. The lowest BCUT2D eigenvalue weighted by Gasteiger charge is -2.35. The molecule has 2 aromatic heterocycles. The second-order valence-corrected chi connectivity index (χ2v) is 9.98. The van der Waals surface area contributed by atoms with Gasteiger partial charge in [0.15, 0.2) is 0 Å². The minimum Gasteiger partial charge on any atom is -0.353 e. The van der Waals surface area contributed by atoms with Crippen molar-refractivity contribution in [2.75, 3.05) is 31.1 Å². The fraction of sp³-hybridized carbons (Fsp3) is 0.182. The summed E-state index contributed by atoms with van der Waals surface area (Å²) in [6, 6.07) is 15.6. The Hall–Kier alpha value is -2.88. The highest BCUT2D eigenvalue weighted by atomic mass is 32.2. The van der Waals surface area contributed by atoms with E-state index in [2.05, 4.69) is 32.4 Å². The third kappa shape index (κ3) is 3.58. The van der Waals surface area contributed by atoms with Crippen molar-refractivity contribution >= 4 is 37.4 Å². The number of nitrogens with zero attached hydrogens (tertiary/aromatic N) is 4. The summed E-state index contributed by atoms with van der Waals surface area (Å²) in [7, 11) is -3.88. The third-order valence-corrected chi connectivity index (χ3v) is 8.25. The Balaban J connectivity index is 1.44. The summed E-state index contributed by atoms with van der Waals surface area (Å²) in [5.74, 6) is 0.0706. The molecule has 2 aromatic carbocycles. The van der Waals surface area contributed by atoms with Gasteiger partial charge in [0.2, 0.25) is 10.0 Å². The molecule has 0 bridgehead atoms. The lowest BCUT2D eigenvalue weighted by Crippen LogP contribution is -2.49. The number of fused-ring (bicyclic) bond motifs is 1. The van der Waals surface area contributed by atoms with E-state index in [1.807, 2.05) is 18.2 Å². The zero-order chi connectivity index (χ0) is 21.4. The predicted molar refractivity (Wildman–Crippen MR) is 120 cm³/mol. The second-order valence-electron chi connectivity index (χ2n) is 7.21. The third-order valence-electron chi connectivity index (χ3n) is 5.43. The highest BCUT2D eigenvalue weighted by Crippen LogP contribution is 2.38. The van der Waals surface area contributed by atoms with Crippen molar-refractivity contribution in [3.63, 3.8) is 0 Å². The van der Waals surface area contributed by atoms with E-state index in [1.54, 1.807) is 17.7 Å². The highest BCUT2D eigenvalue weighted by Gasteiger charge is 2.31. The largest absolute Gasteiger partial charge is 0.353 e. The van der Waals surface area contributed by atoms with Gasteiger partial charge >= 0.3 is 0 Å². The van der Waals surface area contributed by atoms with Crippen LogP contribution >= 0.6 is 11.3 Å². The number of piperazine rings is 1. The van der Waals surface area contributed by atoms with Crippen molar-refractivity contribution in [3.8, 4) is 11.1 Å². The number of thiophene rings is 1. The monoisotopic (exact) mass is 454 g/mol. The summed E-state index contributed by atoms with van der Waals surface area (Å²) in [5, 5.41) is 3.06. The average molecular weight is 455 g/mol. The van der Waals surface area contributed by atoms with Crippen LogP contribution in [0.25, 0.3) is 21.3 Å². The van der Waals surface area contributed by atoms with Crippen molar-refractivity contribution in [2.24, 2.45) is 0 Å². The molecule has 0 amide bonds. The summed E-state index contributed by atoms with van der Waals surface area (Å²) in [5.41, 5.74) is 2.16. The zero-order valence-electron chi connectivity index (χ0n) is 16.5. The first-order valence-corrected chi connectivity index (χ1v) is 12.1. The standard InChI is InChI=1S/C22H19FN4O2S2/c23-18-8-4-5-9-19(18)31(28,29)27-12-10-26(11-13-27)21-20-17(16-6-2-1-3-7-16)14-30-22(20)25-15-24-21/h1-9,14-15H,10-13H2. The molecule has 5 rings (SSSR count). The molecule has 1 aliphatic heterocycles. The smallest absolute Gasteiger partial charge is 0.246 e. The summed E-state index contributed by atoms with van der Waals surface area (Å²) >= 11 is 1.56. The maximum absolute atomic E-state index is 14.1. The molecule has 0 spiro atoms. The normalized spacial score (nSPS) is 15.5. The van der Waals surface area contributed by atoms with Gasteiger partial charge < -0.3 is 4.90 Å². The number of halogens is 1. The first kappa shape index (κ1) is 20.0. The topological polar surface area (TPSA) is 66.4 Å². The van der Waals surface area contributed by atoms with Gasteiger partial charge in [-0.3, -0.25) is 0 Å². The number of aromatic nitrogens is 2. The summed E-state index contributed by atoms with van der Waals surface area (Å²) in [6.07, 6.45) is 1.55. The van der Waals surface area contributed by atoms with Crippen LogP contribution in [0.2, 0.25) is 0 Å². The lowest BCUT2D eigenvalue weighted by atomic mass is 10.1. The first-order valence-electron chi connectivity index (χ1n) is 9.83. The quantitative estimate of drug-likeness (QED) is 0.466. The van der Waals surface area contributed by atoms with E-state index in [0.717, 1.165) is 27.2 Å². The molecule has 1 fully saturated rings. The minimum atomic E-state index is -3.88. The van der Waals surface area contributed by atoms with Gasteiger partial charge in [0, 0.05) is 37.1 Å². The van der Waals surface area contributed by atoms with Crippen LogP contribution in [0.1, 0.15) is 0 Å². The van der Waals surface area contributed by atoms with Gasteiger partial charge in [0.25, 0.3) is 0 Å². The molecular weight excluding hydrogens is 435 g/mol. The SMILES string of the molecule is O=S(=O)(c1ccccc1F)N1CCN(c2ncnc3scc(-c4ccccc4)c23)CC1. The van der Waals surface area contributed by atoms with Crippen LogP contribution in [0, 0.1) is 5.82 Å². The maximum Gasteiger partial charge on any atom is 0.246 e. The molecule has 31 heavy (non-hydrogen) atoms. The van der Waals surface area contributed by atoms with Gasteiger partial charge in [0.05, 0.1) is 5.39 Å². The Morgan fingerprint density at radius 2 is 1.61 bits per heavy atom. The summed E-state index contributed by atoms with van der Waals surface area (Å²) in [6.45, 7) is 1.44. The molecule has 9 heteroatoms. The van der Waals surface area contributed by atoms with Crippen LogP contribution in [0.3, 0.4) is 0 Å². The van der Waals surface area contributed by atoms with E-state index in [-0.39, 0.29) is 18.0 Å². The molecular formula is C22H19FN4O2S2. The van der Waals surface area contributed by atoms with Gasteiger partial charge in [0.1, 0.15) is 27.7 Å². The van der Waals surface area contributed by atoms with Crippen molar-refractivity contribution in [1.29, 1.82) is 0 Å². The molecule has 4 aromatic rings. The molecule has 3 heterocycles. The average Bonchev–Trinajstić information content (AvgIpc) is 3.24. The molecule has 1 saturated heterocycles. The number of hydrogen-bond donors (Lipinski definition) is 0. The van der Waals surface area contributed by atoms with Crippen molar-refractivity contribution in [1.82, 2.24) is 14.3 Å². The van der Waals surface area contributed by atoms with Crippen LogP contribution in [-0.2, 0) is 10.0 Å². The first-order chi connectivity index (χ1) is 15.1. The number of sulfonamides is 1. The number of anilines is 1. The molecule has 0 saturated carbocycles. The van der Waals surface area contributed by atoms with Gasteiger partial charge in [-0.2, -0.15) is 4.31 Å². The number of hydrogen-bond acceptors (Lipinski definition) is 6. The molecule has 0 radical (unpaired) electrons. The second kappa shape index (κ2) is 7.99. The van der Waals surface area contributed by atoms with E-state index in [0.29, 0.717) is 13.1 Å². The molecule has 158 valence electrons. The highest BCUT2D eigenvalue weighted by molar-refractivity contribution is 7.89.